The molecule has 3 aromatic rings. The number of hydrogen-bond donors (Lipinski definition) is 3. The summed E-state index contributed by atoms with van der Waals surface area (Å²) in [4.78, 5) is 16.6. The van der Waals surface area contributed by atoms with Crippen molar-refractivity contribution < 1.29 is 4.74 Å². The maximum Gasteiger partial charge on any atom is 0.231 e. The Labute approximate surface area is 164 Å². The number of nitrogens with zero attached hydrogens (tertiary/aromatic N) is 4. The lowest BCUT2D eigenvalue weighted by molar-refractivity contribution is 0.249. The lowest BCUT2D eigenvalue weighted by Gasteiger charge is -2.36. The summed E-state index contributed by atoms with van der Waals surface area (Å²) in [6, 6.07) is 8.70. The number of hydrogen-bond acceptors (Lipinski definition) is 7. The first-order chi connectivity index (χ1) is 13.5. The average molecular weight is 381 g/mol. The van der Waals surface area contributed by atoms with Gasteiger partial charge in [0.05, 0.1) is 18.2 Å². The second-order valence-electron chi connectivity index (χ2n) is 7.36. The molecular formula is C20H27N7O. The van der Waals surface area contributed by atoms with Gasteiger partial charge in [0, 0.05) is 37.1 Å². The van der Waals surface area contributed by atoms with Gasteiger partial charge >= 0.3 is 0 Å². The van der Waals surface area contributed by atoms with E-state index in [-0.39, 0.29) is 0 Å². The molecule has 1 aliphatic heterocycles. The number of fused-ring (bicyclic) bond motifs is 1. The van der Waals surface area contributed by atoms with Crippen LogP contribution in [0.2, 0.25) is 0 Å². The lowest BCUT2D eigenvalue weighted by Crippen LogP contribution is -2.41. The second kappa shape index (κ2) is 7.55. The molecule has 0 saturated carbocycles. The molecule has 28 heavy (non-hydrogen) atoms. The van der Waals surface area contributed by atoms with Gasteiger partial charge in [0.25, 0.3) is 0 Å². The zero-order chi connectivity index (χ0) is 19.7. The van der Waals surface area contributed by atoms with E-state index in [9.17, 15) is 0 Å². The monoisotopic (exact) mass is 381 g/mol. The van der Waals surface area contributed by atoms with Crippen LogP contribution in [-0.4, -0.2) is 60.2 Å². The minimum Gasteiger partial charge on any atom is -0.494 e. The molecule has 8 heteroatoms. The van der Waals surface area contributed by atoms with Crippen molar-refractivity contribution in [1.29, 1.82) is 0 Å². The molecule has 148 valence electrons. The third-order valence-corrected chi connectivity index (χ3v) is 5.44. The number of methoxy groups -OCH3 is 1. The normalized spacial score (nSPS) is 15.4. The lowest BCUT2D eigenvalue weighted by atomic mass is 10.0. The number of rotatable bonds is 5. The highest BCUT2D eigenvalue weighted by atomic mass is 16.5. The summed E-state index contributed by atoms with van der Waals surface area (Å²) >= 11 is 0. The molecule has 4 rings (SSSR count). The molecule has 8 nitrogen and oxygen atoms in total. The van der Waals surface area contributed by atoms with Gasteiger partial charge in [-0.1, -0.05) is 0 Å². The Balaban J connectivity index is 1.53. The molecule has 3 heterocycles. The fourth-order valence-electron chi connectivity index (χ4n) is 3.76. The third-order valence-electron chi connectivity index (χ3n) is 5.44. The fourth-order valence-corrected chi connectivity index (χ4v) is 3.76. The first-order valence-electron chi connectivity index (χ1n) is 9.52. The topological polar surface area (TPSA) is 95.3 Å². The van der Waals surface area contributed by atoms with Crippen molar-refractivity contribution in [2.45, 2.75) is 18.9 Å². The van der Waals surface area contributed by atoms with Crippen LogP contribution in [0.4, 0.5) is 23.1 Å². The van der Waals surface area contributed by atoms with E-state index in [1.165, 1.54) is 18.5 Å². The van der Waals surface area contributed by atoms with E-state index >= 15 is 0 Å². The van der Waals surface area contributed by atoms with Crippen molar-refractivity contribution in [2.75, 3.05) is 50.2 Å². The molecule has 1 aromatic carbocycles. The number of H-pyrrole nitrogens is 1. The number of piperidine rings is 1. The Morgan fingerprint density at radius 1 is 1.21 bits per heavy atom. The number of nitrogens with one attached hydrogen (secondary N) is 2. The standard InChI is InChI=1S/C20H27N7O/c1-26(2)13-7-10-27(11-8-13)14-4-5-16(17(12-14)28-3)23-20-24-18(21)15-6-9-22-19(15)25-20/h4-6,9,12-13H,7-8,10-11H2,1-3H3,(H4,21,22,23,24,25). The van der Waals surface area contributed by atoms with Crippen LogP contribution in [0.1, 0.15) is 12.8 Å². The van der Waals surface area contributed by atoms with Gasteiger partial charge in [-0.2, -0.15) is 9.97 Å². The van der Waals surface area contributed by atoms with E-state index in [0.29, 0.717) is 23.5 Å². The summed E-state index contributed by atoms with van der Waals surface area (Å²) in [6.45, 7) is 2.09. The first kappa shape index (κ1) is 18.4. The summed E-state index contributed by atoms with van der Waals surface area (Å²) in [7, 11) is 5.98. The molecule has 0 unspecified atom stereocenters. The van der Waals surface area contributed by atoms with Gasteiger partial charge in [-0.25, -0.2) is 0 Å². The molecule has 0 radical (unpaired) electrons. The second-order valence-corrected chi connectivity index (χ2v) is 7.36. The summed E-state index contributed by atoms with van der Waals surface area (Å²) in [5, 5.41) is 4.04. The van der Waals surface area contributed by atoms with Crippen molar-refractivity contribution in [2.24, 2.45) is 0 Å². The van der Waals surface area contributed by atoms with Gasteiger partial charge in [0.1, 0.15) is 17.2 Å². The number of ether oxygens (including phenoxy) is 1. The van der Waals surface area contributed by atoms with Gasteiger partial charge < -0.3 is 30.6 Å². The number of benzene rings is 1. The minimum absolute atomic E-state index is 0.435. The van der Waals surface area contributed by atoms with Crippen LogP contribution in [0, 0.1) is 0 Å². The largest absolute Gasteiger partial charge is 0.494 e. The highest BCUT2D eigenvalue weighted by Crippen LogP contribution is 2.33. The molecule has 0 amide bonds. The SMILES string of the molecule is COc1cc(N2CCC(N(C)C)CC2)ccc1Nc1nc(N)c2cc[nH]c2n1. The number of nitrogens with two attached hydrogens (primary N) is 1. The van der Waals surface area contributed by atoms with Crippen molar-refractivity contribution in [3.63, 3.8) is 0 Å². The molecule has 2 aromatic heterocycles. The Hall–Kier alpha value is -3.00. The average Bonchev–Trinajstić information content (AvgIpc) is 3.17. The Morgan fingerprint density at radius 2 is 2.00 bits per heavy atom. The number of aromatic amines is 1. The van der Waals surface area contributed by atoms with Crippen molar-refractivity contribution in [3.05, 3.63) is 30.5 Å². The van der Waals surface area contributed by atoms with Crippen molar-refractivity contribution >= 4 is 34.2 Å². The van der Waals surface area contributed by atoms with E-state index in [1.54, 1.807) is 13.3 Å². The van der Waals surface area contributed by atoms with Crippen LogP contribution in [0.15, 0.2) is 30.5 Å². The third kappa shape index (κ3) is 3.55. The Morgan fingerprint density at radius 3 is 2.71 bits per heavy atom. The predicted molar refractivity (Wildman–Crippen MR) is 113 cm³/mol. The van der Waals surface area contributed by atoms with E-state index in [2.05, 4.69) is 56.3 Å². The van der Waals surface area contributed by atoms with E-state index in [0.717, 1.165) is 29.9 Å². The van der Waals surface area contributed by atoms with Crippen molar-refractivity contribution in [3.8, 4) is 5.75 Å². The van der Waals surface area contributed by atoms with Gasteiger partial charge in [-0.3, -0.25) is 0 Å². The molecule has 1 aliphatic rings. The fraction of sp³-hybridized carbons (Fsp3) is 0.400. The molecule has 1 saturated heterocycles. The first-order valence-corrected chi connectivity index (χ1v) is 9.52. The summed E-state index contributed by atoms with van der Waals surface area (Å²) in [5.41, 5.74) is 8.70. The van der Waals surface area contributed by atoms with Crippen molar-refractivity contribution in [1.82, 2.24) is 19.9 Å². The number of nitrogen functional groups attached to an aromatic ring is 1. The Bertz CT molecular complexity index is 960. The van der Waals surface area contributed by atoms with Crippen LogP contribution in [0.3, 0.4) is 0 Å². The van der Waals surface area contributed by atoms with Gasteiger partial charge in [-0.05, 0) is 45.1 Å². The quantitative estimate of drug-likeness (QED) is 0.625. The summed E-state index contributed by atoms with van der Waals surface area (Å²) in [6.07, 6.45) is 4.13. The number of anilines is 4. The maximum atomic E-state index is 6.03. The van der Waals surface area contributed by atoms with Crippen LogP contribution >= 0.6 is 0 Å². The van der Waals surface area contributed by atoms with Crippen LogP contribution in [-0.2, 0) is 0 Å². The van der Waals surface area contributed by atoms with Gasteiger partial charge in [0.2, 0.25) is 5.95 Å². The Kier molecular flexibility index (Phi) is 4.95. The van der Waals surface area contributed by atoms with Crippen LogP contribution in [0.25, 0.3) is 11.0 Å². The molecular weight excluding hydrogens is 354 g/mol. The van der Waals surface area contributed by atoms with E-state index < -0.39 is 0 Å². The highest BCUT2D eigenvalue weighted by molar-refractivity contribution is 5.87. The zero-order valence-corrected chi connectivity index (χ0v) is 16.6. The van der Waals surface area contributed by atoms with E-state index in [4.69, 9.17) is 10.5 Å². The summed E-state index contributed by atoms with van der Waals surface area (Å²) < 4.78 is 5.62. The molecule has 4 N–H and O–H groups in total. The van der Waals surface area contributed by atoms with Crippen LogP contribution < -0.4 is 20.7 Å². The zero-order valence-electron chi connectivity index (χ0n) is 16.6. The molecule has 0 spiro atoms. The smallest absolute Gasteiger partial charge is 0.231 e. The molecule has 0 aliphatic carbocycles. The van der Waals surface area contributed by atoms with Gasteiger partial charge in [0.15, 0.2) is 0 Å². The van der Waals surface area contributed by atoms with E-state index in [1.807, 2.05) is 12.1 Å². The maximum absolute atomic E-state index is 6.03. The molecule has 0 bridgehead atoms. The minimum atomic E-state index is 0.435. The van der Waals surface area contributed by atoms with Crippen LogP contribution in [0.5, 0.6) is 5.75 Å². The molecule has 0 atom stereocenters. The van der Waals surface area contributed by atoms with Gasteiger partial charge in [-0.15, -0.1) is 0 Å². The summed E-state index contributed by atoms with van der Waals surface area (Å²) in [5.74, 6) is 1.62. The highest BCUT2D eigenvalue weighted by Gasteiger charge is 2.21. The molecule has 1 fully saturated rings. The predicted octanol–water partition coefficient (Wildman–Crippen LogP) is 2.82. The number of aromatic nitrogens is 3.